The Labute approximate surface area is 206 Å². The smallest absolute Gasteiger partial charge is 0.291 e. The number of hydrogen-bond donors (Lipinski definition) is 1. The van der Waals surface area contributed by atoms with Crippen molar-refractivity contribution < 1.29 is 4.79 Å². The van der Waals surface area contributed by atoms with Gasteiger partial charge in [-0.3, -0.25) is 14.7 Å². The van der Waals surface area contributed by atoms with E-state index in [9.17, 15) is 4.79 Å². The maximum atomic E-state index is 12.0. The molecule has 0 aromatic carbocycles. The van der Waals surface area contributed by atoms with E-state index < -0.39 is 0 Å². The van der Waals surface area contributed by atoms with Gasteiger partial charge in [0.05, 0.1) is 5.69 Å². The molecule has 9 heteroatoms. The van der Waals surface area contributed by atoms with E-state index in [0.29, 0.717) is 11.5 Å². The van der Waals surface area contributed by atoms with Crippen molar-refractivity contribution in [3.8, 4) is 0 Å². The van der Waals surface area contributed by atoms with E-state index in [1.54, 1.807) is 45.8 Å². The lowest BCUT2D eigenvalue weighted by Gasteiger charge is -2.26. The normalized spacial score (nSPS) is 15.3. The summed E-state index contributed by atoms with van der Waals surface area (Å²) < 4.78 is 0. The highest BCUT2D eigenvalue weighted by Crippen LogP contribution is 2.24. The Balaban J connectivity index is 1.64. The molecule has 0 unspecified atom stereocenters. The van der Waals surface area contributed by atoms with E-state index in [-0.39, 0.29) is 11.7 Å². The fourth-order valence-corrected chi connectivity index (χ4v) is 3.69. The number of aromatic nitrogens is 4. The first-order chi connectivity index (χ1) is 16.8. The van der Waals surface area contributed by atoms with E-state index in [2.05, 4.69) is 55.7 Å². The molecule has 1 aliphatic rings. The quantitative estimate of drug-likeness (QED) is 0.464. The molecule has 9 nitrogen and oxygen atoms in total. The number of aliphatic imine (C=N–C) groups is 1. The summed E-state index contributed by atoms with van der Waals surface area (Å²) in [4.78, 5) is 28.3. The number of nitrogens with two attached hydrogens (primary N) is 1. The van der Waals surface area contributed by atoms with Gasteiger partial charge in [-0.15, -0.1) is 10.2 Å². The lowest BCUT2D eigenvalue weighted by molar-refractivity contribution is 0.0815. The van der Waals surface area contributed by atoms with Gasteiger partial charge in [0.1, 0.15) is 5.82 Å². The number of allylic oxidation sites excluding steroid dienone is 4. The highest BCUT2D eigenvalue weighted by Gasteiger charge is 2.16. The maximum Gasteiger partial charge on any atom is 0.291 e. The Morgan fingerprint density at radius 1 is 1.26 bits per heavy atom. The van der Waals surface area contributed by atoms with Gasteiger partial charge in [-0.25, -0.2) is 9.97 Å². The molecule has 0 saturated heterocycles. The molecule has 2 N–H and O–H groups in total. The van der Waals surface area contributed by atoms with Gasteiger partial charge < -0.3 is 10.6 Å². The lowest BCUT2D eigenvalue weighted by atomic mass is 10.00. The average molecular weight is 473 g/mol. The zero-order chi connectivity index (χ0) is 25.4. The maximum absolute atomic E-state index is 12.0. The SMILES string of the molecule is C=C(/C=C(\C)CN1CC=C(c2cnc(C(=O)N(C)C)nc2)CC1)/C(=C\C=NC)c1ccc(N)nn1. The first kappa shape index (κ1) is 25.6. The number of carbonyl (C=O) groups excluding carboxylic acids is 1. The van der Waals surface area contributed by atoms with Crippen LogP contribution in [0.25, 0.3) is 11.1 Å². The van der Waals surface area contributed by atoms with Crippen LogP contribution in [0.4, 0.5) is 5.82 Å². The highest BCUT2D eigenvalue weighted by atomic mass is 16.2. The first-order valence-corrected chi connectivity index (χ1v) is 11.3. The van der Waals surface area contributed by atoms with Crippen molar-refractivity contribution in [1.29, 1.82) is 0 Å². The molecule has 1 aliphatic heterocycles. The van der Waals surface area contributed by atoms with Crippen LogP contribution in [0, 0.1) is 0 Å². The van der Waals surface area contributed by atoms with Gasteiger partial charge in [0.15, 0.2) is 0 Å². The second-order valence-corrected chi connectivity index (χ2v) is 8.56. The van der Waals surface area contributed by atoms with Gasteiger partial charge in [-0.05, 0) is 42.7 Å². The summed E-state index contributed by atoms with van der Waals surface area (Å²) in [5.41, 5.74) is 11.4. The van der Waals surface area contributed by atoms with Crippen LogP contribution in [0.1, 0.15) is 35.2 Å². The second-order valence-electron chi connectivity index (χ2n) is 8.56. The molecule has 3 heterocycles. The van der Waals surface area contributed by atoms with Crippen LogP contribution in [-0.4, -0.2) is 82.9 Å². The molecule has 0 radical (unpaired) electrons. The van der Waals surface area contributed by atoms with Gasteiger partial charge >= 0.3 is 0 Å². The molecular formula is C26H32N8O. The molecule has 182 valence electrons. The third-order valence-electron chi connectivity index (χ3n) is 5.50. The Bertz CT molecular complexity index is 1170. The van der Waals surface area contributed by atoms with Crippen molar-refractivity contribution in [1.82, 2.24) is 30.0 Å². The summed E-state index contributed by atoms with van der Waals surface area (Å²) in [7, 11) is 5.09. The van der Waals surface area contributed by atoms with Crippen molar-refractivity contribution in [3.05, 3.63) is 77.6 Å². The van der Waals surface area contributed by atoms with Gasteiger partial charge in [0, 0.05) is 70.5 Å². The van der Waals surface area contributed by atoms with Crippen LogP contribution in [-0.2, 0) is 0 Å². The average Bonchev–Trinajstić information content (AvgIpc) is 2.85. The molecule has 0 fully saturated rings. The Morgan fingerprint density at radius 3 is 2.57 bits per heavy atom. The second kappa shape index (κ2) is 11.9. The topological polar surface area (TPSA) is 113 Å². The van der Waals surface area contributed by atoms with Gasteiger partial charge in [0.25, 0.3) is 5.91 Å². The van der Waals surface area contributed by atoms with E-state index in [1.807, 2.05) is 12.1 Å². The molecule has 2 aromatic heterocycles. The summed E-state index contributed by atoms with van der Waals surface area (Å²) >= 11 is 0. The highest BCUT2D eigenvalue weighted by molar-refractivity contribution is 5.91. The number of nitrogen functional groups attached to an aromatic ring is 1. The van der Waals surface area contributed by atoms with Crippen molar-refractivity contribution in [2.45, 2.75) is 13.3 Å². The number of anilines is 1. The molecule has 0 bridgehead atoms. The predicted octanol–water partition coefficient (Wildman–Crippen LogP) is 2.93. The first-order valence-electron chi connectivity index (χ1n) is 11.3. The van der Waals surface area contributed by atoms with E-state index in [4.69, 9.17) is 5.73 Å². The van der Waals surface area contributed by atoms with Crippen LogP contribution in [0.15, 0.2) is 65.5 Å². The Kier molecular flexibility index (Phi) is 8.74. The molecule has 2 aromatic rings. The monoisotopic (exact) mass is 472 g/mol. The predicted molar refractivity (Wildman–Crippen MR) is 141 cm³/mol. The third kappa shape index (κ3) is 7.00. The Morgan fingerprint density at radius 2 is 2.00 bits per heavy atom. The van der Waals surface area contributed by atoms with Crippen LogP contribution < -0.4 is 5.73 Å². The minimum Gasteiger partial charge on any atom is -0.382 e. The zero-order valence-corrected chi connectivity index (χ0v) is 20.8. The summed E-state index contributed by atoms with van der Waals surface area (Å²) in [6.45, 7) is 8.89. The summed E-state index contributed by atoms with van der Waals surface area (Å²) in [5.74, 6) is 0.380. The number of hydrogen-bond acceptors (Lipinski definition) is 8. The lowest BCUT2D eigenvalue weighted by Crippen LogP contribution is -2.30. The molecule has 0 atom stereocenters. The summed E-state index contributed by atoms with van der Waals surface area (Å²) in [6, 6.07) is 3.55. The van der Waals surface area contributed by atoms with Crippen LogP contribution in [0.3, 0.4) is 0 Å². The minimum atomic E-state index is -0.201. The molecular weight excluding hydrogens is 440 g/mol. The number of carbonyl (C=O) groups is 1. The Hall–Kier alpha value is -3.98. The standard InChI is InChI=1S/C26H32N8O/c1-18(14-19(2)22(8-11-28-3)23-6-7-24(27)32-31-23)17-34-12-9-20(10-13-34)21-15-29-25(30-16-21)26(35)33(4)5/h6-9,11,14-16H,2,10,12-13,17H2,1,3-5H3,(H2,27,32)/b18-14+,22-8+,28-11?. The van der Waals surface area contributed by atoms with Crippen LogP contribution in [0.5, 0.6) is 0 Å². The molecule has 3 rings (SSSR count). The van der Waals surface area contributed by atoms with Gasteiger partial charge in [0.2, 0.25) is 5.82 Å². The van der Waals surface area contributed by atoms with Crippen LogP contribution in [0.2, 0.25) is 0 Å². The van der Waals surface area contributed by atoms with Crippen molar-refractivity contribution in [3.63, 3.8) is 0 Å². The number of rotatable bonds is 8. The number of amides is 1. The molecule has 0 saturated carbocycles. The zero-order valence-electron chi connectivity index (χ0n) is 20.8. The van der Waals surface area contributed by atoms with Gasteiger partial charge in [-0.1, -0.05) is 24.3 Å². The number of nitrogens with zero attached hydrogens (tertiary/aromatic N) is 7. The van der Waals surface area contributed by atoms with E-state index in [0.717, 1.165) is 42.8 Å². The van der Waals surface area contributed by atoms with E-state index in [1.165, 1.54) is 16.0 Å². The minimum absolute atomic E-state index is 0.201. The fourth-order valence-electron chi connectivity index (χ4n) is 3.69. The fraction of sp³-hybridized carbons (Fsp3) is 0.308. The van der Waals surface area contributed by atoms with Crippen molar-refractivity contribution >= 4 is 29.1 Å². The summed E-state index contributed by atoms with van der Waals surface area (Å²) in [6.07, 6.45) is 12.2. The van der Waals surface area contributed by atoms with Crippen LogP contribution >= 0.6 is 0 Å². The molecule has 35 heavy (non-hydrogen) atoms. The van der Waals surface area contributed by atoms with Gasteiger partial charge in [-0.2, -0.15) is 0 Å². The third-order valence-corrected chi connectivity index (χ3v) is 5.50. The molecule has 1 amide bonds. The van der Waals surface area contributed by atoms with Crippen molar-refractivity contribution in [2.24, 2.45) is 4.99 Å². The van der Waals surface area contributed by atoms with E-state index >= 15 is 0 Å². The largest absolute Gasteiger partial charge is 0.382 e. The van der Waals surface area contributed by atoms with Crippen molar-refractivity contribution in [2.75, 3.05) is 46.5 Å². The molecule has 0 aliphatic carbocycles. The summed E-state index contributed by atoms with van der Waals surface area (Å²) in [5, 5.41) is 8.15. The molecule has 0 spiro atoms.